The third-order valence-electron chi connectivity index (χ3n) is 14.4. The quantitative estimate of drug-likeness (QED) is 0.147. The van der Waals surface area contributed by atoms with Crippen LogP contribution in [0.3, 0.4) is 0 Å². The average Bonchev–Trinajstić information content (AvgIpc) is 3.62. The van der Waals surface area contributed by atoms with Crippen molar-refractivity contribution in [3.05, 3.63) is 282 Å². The van der Waals surface area contributed by atoms with E-state index in [2.05, 4.69) is 261 Å². The molecule has 0 amide bonds. The molecule has 0 radical (unpaired) electrons. The molecule has 0 spiro atoms. The largest absolute Gasteiger partial charge is 0.309 e. The van der Waals surface area contributed by atoms with Gasteiger partial charge in [-0.05, 0) is 133 Å². The van der Waals surface area contributed by atoms with Gasteiger partial charge in [0, 0.05) is 22.2 Å². The topological polar surface area (TPSA) is 3.24 Å². The first-order chi connectivity index (χ1) is 32.5. The molecule has 0 heterocycles. The highest BCUT2D eigenvalue weighted by atomic mass is 15.1. The van der Waals surface area contributed by atoms with E-state index in [0.717, 1.165) is 29.0 Å². The van der Waals surface area contributed by atoms with Gasteiger partial charge in [0.25, 0.3) is 0 Å². The zero-order valence-electron chi connectivity index (χ0n) is 37.2. The summed E-state index contributed by atoms with van der Waals surface area (Å²) in [6.07, 6.45) is 0.791. The van der Waals surface area contributed by atoms with Crippen LogP contribution in [-0.4, -0.2) is 0 Å². The van der Waals surface area contributed by atoms with Gasteiger partial charge in [0.05, 0.1) is 16.8 Å². The molecule has 0 aromatic heterocycles. The molecule has 0 N–H and O–H groups in total. The summed E-state index contributed by atoms with van der Waals surface area (Å²) in [7, 11) is 0. The van der Waals surface area contributed by atoms with Gasteiger partial charge < -0.3 is 4.90 Å². The van der Waals surface area contributed by atoms with Gasteiger partial charge in [0.2, 0.25) is 0 Å². The molecular formula is C65H47N. The predicted molar refractivity (Wildman–Crippen MR) is 275 cm³/mol. The van der Waals surface area contributed by atoms with Crippen LogP contribution in [0.5, 0.6) is 0 Å². The fourth-order valence-corrected chi connectivity index (χ4v) is 11.3. The minimum atomic E-state index is -0.431. The number of rotatable bonds is 8. The van der Waals surface area contributed by atoms with Crippen molar-refractivity contribution in [3.63, 3.8) is 0 Å². The first-order valence-electron chi connectivity index (χ1n) is 23.1. The lowest BCUT2D eigenvalue weighted by atomic mass is 9.61. The zero-order chi connectivity index (χ0) is 44.2. The molecular weight excluding hydrogens is 795 g/mol. The summed E-state index contributed by atoms with van der Waals surface area (Å²) < 4.78 is 0. The van der Waals surface area contributed by atoms with Crippen LogP contribution in [0, 0.1) is 12.1 Å². The van der Waals surface area contributed by atoms with Crippen LogP contribution in [0.1, 0.15) is 47.2 Å². The van der Waals surface area contributed by atoms with Crippen LogP contribution in [-0.2, 0) is 17.3 Å². The normalized spacial score (nSPS) is 13.7. The number of hydrogen-bond acceptors (Lipinski definition) is 1. The maximum absolute atomic E-state index is 3.32. The molecule has 12 rings (SSSR count). The van der Waals surface area contributed by atoms with Crippen LogP contribution in [0.15, 0.2) is 237 Å². The minimum Gasteiger partial charge on any atom is -0.309 e. The lowest BCUT2D eigenvalue weighted by Crippen LogP contribution is -2.35. The maximum Gasteiger partial charge on any atom is 0.0543 e. The van der Waals surface area contributed by atoms with Crippen molar-refractivity contribution < 1.29 is 0 Å². The summed E-state index contributed by atoms with van der Waals surface area (Å²) in [4.78, 5) is 2.51. The second kappa shape index (κ2) is 15.8. The van der Waals surface area contributed by atoms with Gasteiger partial charge >= 0.3 is 0 Å². The van der Waals surface area contributed by atoms with E-state index in [4.69, 9.17) is 0 Å². The van der Waals surface area contributed by atoms with Gasteiger partial charge in [-0.15, -0.1) is 0 Å². The van der Waals surface area contributed by atoms with E-state index in [1.165, 1.54) is 83.5 Å². The van der Waals surface area contributed by atoms with Gasteiger partial charge in [0.1, 0.15) is 0 Å². The Hall–Kier alpha value is -8.18. The van der Waals surface area contributed by atoms with Crippen molar-refractivity contribution in [1.82, 2.24) is 0 Å². The maximum atomic E-state index is 3.32. The Morgan fingerprint density at radius 3 is 1.76 bits per heavy atom. The van der Waals surface area contributed by atoms with Crippen LogP contribution >= 0.6 is 0 Å². The Morgan fingerprint density at radius 1 is 0.394 bits per heavy atom. The average molecular weight is 842 g/mol. The Morgan fingerprint density at radius 2 is 1.00 bits per heavy atom. The lowest BCUT2D eigenvalue weighted by Gasteiger charge is -2.42. The predicted octanol–water partition coefficient (Wildman–Crippen LogP) is 16.6. The van der Waals surface area contributed by atoms with Crippen LogP contribution < -0.4 is 4.90 Å². The summed E-state index contributed by atoms with van der Waals surface area (Å²) in [5.41, 5.74) is 23.0. The number of para-hydroxylation sites is 1. The molecule has 312 valence electrons. The minimum absolute atomic E-state index is 0.0730. The van der Waals surface area contributed by atoms with E-state index in [0.29, 0.717) is 0 Å². The molecule has 10 aromatic carbocycles. The summed E-state index contributed by atoms with van der Waals surface area (Å²) in [5, 5.41) is 0. The van der Waals surface area contributed by atoms with Gasteiger partial charge in [-0.1, -0.05) is 214 Å². The molecule has 2 aliphatic carbocycles. The third kappa shape index (κ3) is 6.25. The summed E-state index contributed by atoms with van der Waals surface area (Å²) in [5.74, 6) is 0. The number of anilines is 3. The number of nitrogens with zero attached hydrogens (tertiary/aromatic N) is 1. The van der Waals surface area contributed by atoms with E-state index >= 15 is 0 Å². The Labute approximate surface area is 389 Å². The number of benzene rings is 9. The second-order valence-electron chi connectivity index (χ2n) is 18.3. The van der Waals surface area contributed by atoms with E-state index in [1.54, 1.807) is 0 Å². The van der Waals surface area contributed by atoms with Gasteiger partial charge in [-0.2, -0.15) is 0 Å². The molecule has 1 atom stereocenters. The molecule has 66 heavy (non-hydrogen) atoms. The van der Waals surface area contributed by atoms with Crippen molar-refractivity contribution in [3.8, 4) is 55.6 Å². The molecule has 0 saturated carbocycles. The van der Waals surface area contributed by atoms with E-state index in [9.17, 15) is 0 Å². The molecule has 0 bridgehead atoms. The van der Waals surface area contributed by atoms with Crippen molar-refractivity contribution >= 4 is 17.1 Å². The molecule has 1 nitrogen and oxygen atoms in total. The SMILES string of the molecule is CC1(C)c2ccccc2-c2ccc(-c3ccc(N(c4ccccc4-c4ccccc4-c4ccccc4)c4cccc5c4-c4ccccc4C(c4cc#ccc4)(c4ccccc4)C5)cc3)cc21. The highest BCUT2D eigenvalue weighted by Crippen LogP contribution is 2.56. The highest BCUT2D eigenvalue weighted by Gasteiger charge is 2.43. The monoisotopic (exact) mass is 841 g/mol. The van der Waals surface area contributed by atoms with Gasteiger partial charge in [-0.3, -0.25) is 0 Å². The smallest absolute Gasteiger partial charge is 0.0543 e. The van der Waals surface area contributed by atoms with E-state index < -0.39 is 5.41 Å². The van der Waals surface area contributed by atoms with Crippen LogP contribution in [0.4, 0.5) is 17.1 Å². The molecule has 1 unspecified atom stereocenters. The van der Waals surface area contributed by atoms with Crippen LogP contribution in [0.2, 0.25) is 0 Å². The van der Waals surface area contributed by atoms with E-state index in [-0.39, 0.29) is 5.41 Å². The van der Waals surface area contributed by atoms with Crippen molar-refractivity contribution in [2.24, 2.45) is 0 Å². The lowest BCUT2D eigenvalue weighted by molar-refractivity contribution is 0.606. The standard InChI is InChI=1S/C65H47N/c1-64(2)58-33-17-14-30-54(58)55-42-39-47(43-60(55)64)45-37-40-51(41-38-45)66(61-35-19-16-31-56(61)53-29-13-12-28-52(53)46-21-6-3-7-22-46)62-36-20-23-48-44-65(49-24-8-4-9-25-49,50-26-10-5-11-27-50)59-34-18-15-32-57(59)63(48)62/h3-4,6-10,12-43H,44H2,1-2H3. The van der Waals surface area contributed by atoms with Crippen molar-refractivity contribution in [1.29, 1.82) is 0 Å². The molecule has 1 heteroatoms. The Balaban J connectivity index is 1.06. The number of hydrogen-bond donors (Lipinski definition) is 0. The second-order valence-corrected chi connectivity index (χ2v) is 18.3. The highest BCUT2D eigenvalue weighted by molar-refractivity contribution is 5.99. The molecule has 0 saturated heterocycles. The van der Waals surface area contributed by atoms with Crippen LogP contribution in [0.25, 0.3) is 55.6 Å². The summed E-state index contributed by atoms with van der Waals surface area (Å²) >= 11 is 0. The first-order valence-corrected chi connectivity index (χ1v) is 23.1. The van der Waals surface area contributed by atoms with Gasteiger partial charge in [0.15, 0.2) is 0 Å². The zero-order valence-corrected chi connectivity index (χ0v) is 37.2. The third-order valence-corrected chi connectivity index (χ3v) is 14.4. The molecule has 0 fully saturated rings. The summed E-state index contributed by atoms with van der Waals surface area (Å²) in [6, 6.07) is 93.6. The Kier molecular flexibility index (Phi) is 9.44. The first kappa shape index (κ1) is 39.4. The fraction of sp³-hybridized carbons (Fsp3) is 0.0769. The summed E-state index contributed by atoms with van der Waals surface area (Å²) in [6.45, 7) is 4.71. The molecule has 2 aliphatic rings. The fourth-order valence-electron chi connectivity index (χ4n) is 11.3. The van der Waals surface area contributed by atoms with E-state index in [1.807, 2.05) is 6.07 Å². The van der Waals surface area contributed by atoms with Gasteiger partial charge in [-0.25, -0.2) is 0 Å². The molecule has 0 aliphatic heterocycles. The molecule has 10 aromatic rings. The Bertz CT molecular complexity index is 3360. The van der Waals surface area contributed by atoms with Crippen molar-refractivity contribution in [2.75, 3.05) is 4.90 Å². The number of fused-ring (bicyclic) bond motifs is 6. The van der Waals surface area contributed by atoms with Crippen molar-refractivity contribution in [2.45, 2.75) is 31.1 Å².